The molecule has 1 amide bonds. The molecule has 0 saturated carbocycles. The number of nitrogens with one attached hydrogen (secondary N) is 1. The van der Waals surface area contributed by atoms with Crippen molar-refractivity contribution in [3.8, 4) is 0 Å². The zero-order chi connectivity index (χ0) is 12.6. The van der Waals surface area contributed by atoms with Crippen LogP contribution in [0.4, 0.5) is 0 Å². The van der Waals surface area contributed by atoms with Crippen molar-refractivity contribution < 1.29 is 14.4 Å². The first kappa shape index (κ1) is 12.9. The minimum atomic E-state index is -0.273. The number of hydrogen-bond donors (Lipinski definition) is 1. The Morgan fingerprint density at radius 1 is 1.50 bits per heavy atom. The molecule has 0 aromatic carbocycles. The number of ether oxygens (including phenoxy) is 1. The molecule has 6 nitrogen and oxygen atoms in total. The minimum Gasteiger partial charge on any atom is -0.379 e. The number of carbonyl (C=O) groups excluding carboxylic acids is 1. The molecule has 0 unspecified atom stereocenters. The van der Waals surface area contributed by atoms with Gasteiger partial charge in [0.1, 0.15) is 0 Å². The maximum absolute atomic E-state index is 11.6. The summed E-state index contributed by atoms with van der Waals surface area (Å²) in [5, 5.41) is 0. The fourth-order valence-corrected chi connectivity index (χ4v) is 1.67. The number of hydrogen-bond acceptors (Lipinski definition) is 5. The summed E-state index contributed by atoms with van der Waals surface area (Å²) in [5.74, 6) is -0.273. The minimum absolute atomic E-state index is 0.273. The lowest BCUT2D eigenvalue weighted by molar-refractivity contribution is -0.00178. The number of amides is 1. The summed E-state index contributed by atoms with van der Waals surface area (Å²) in [6.07, 6.45) is 3.12. The zero-order valence-corrected chi connectivity index (χ0v) is 10.2. The van der Waals surface area contributed by atoms with Gasteiger partial charge in [-0.25, -0.2) is 5.48 Å². The van der Waals surface area contributed by atoms with Crippen molar-refractivity contribution in [3.05, 3.63) is 30.1 Å². The summed E-state index contributed by atoms with van der Waals surface area (Å²) in [7, 11) is 0. The first-order valence-electron chi connectivity index (χ1n) is 5.98. The van der Waals surface area contributed by atoms with Gasteiger partial charge in [-0.1, -0.05) is 0 Å². The lowest BCUT2D eigenvalue weighted by atomic mass is 10.3. The Bertz CT molecular complexity index is 366. The molecule has 18 heavy (non-hydrogen) atoms. The van der Waals surface area contributed by atoms with Crippen LogP contribution in [-0.2, 0) is 9.57 Å². The molecule has 1 aromatic rings. The third kappa shape index (κ3) is 4.06. The third-order valence-corrected chi connectivity index (χ3v) is 2.70. The van der Waals surface area contributed by atoms with E-state index in [1.807, 2.05) is 0 Å². The Kier molecular flexibility index (Phi) is 5.07. The van der Waals surface area contributed by atoms with Crippen molar-refractivity contribution in [2.24, 2.45) is 0 Å². The zero-order valence-electron chi connectivity index (χ0n) is 10.2. The SMILES string of the molecule is O=C(NOCCN1CCOCC1)c1cccnc1. The molecule has 0 spiro atoms. The lowest BCUT2D eigenvalue weighted by Gasteiger charge is -2.26. The Hall–Kier alpha value is -1.50. The van der Waals surface area contributed by atoms with Crippen molar-refractivity contribution in [2.75, 3.05) is 39.5 Å². The van der Waals surface area contributed by atoms with Crippen LogP contribution in [0, 0.1) is 0 Å². The molecule has 0 aliphatic carbocycles. The Morgan fingerprint density at radius 3 is 3.06 bits per heavy atom. The molecule has 0 atom stereocenters. The molecular formula is C12H17N3O3. The molecule has 6 heteroatoms. The van der Waals surface area contributed by atoms with E-state index in [4.69, 9.17) is 9.57 Å². The lowest BCUT2D eigenvalue weighted by Crippen LogP contribution is -2.39. The molecule has 1 aliphatic heterocycles. The second kappa shape index (κ2) is 7.05. The Morgan fingerprint density at radius 2 is 2.33 bits per heavy atom. The van der Waals surface area contributed by atoms with E-state index in [-0.39, 0.29) is 5.91 Å². The number of carbonyl (C=O) groups is 1. The van der Waals surface area contributed by atoms with Crippen LogP contribution in [0.5, 0.6) is 0 Å². The topological polar surface area (TPSA) is 63.7 Å². The Balaban J connectivity index is 1.62. The molecule has 0 bridgehead atoms. The molecular weight excluding hydrogens is 234 g/mol. The van der Waals surface area contributed by atoms with Crippen LogP contribution < -0.4 is 5.48 Å². The second-order valence-corrected chi connectivity index (χ2v) is 3.98. The monoisotopic (exact) mass is 251 g/mol. The van der Waals surface area contributed by atoms with Crippen molar-refractivity contribution in [3.63, 3.8) is 0 Å². The quantitative estimate of drug-likeness (QED) is 0.593. The molecule has 1 aromatic heterocycles. The molecule has 1 fully saturated rings. The first-order valence-corrected chi connectivity index (χ1v) is 5.98. The van der Waals surface area contributed by atoms with Gasteiger partial charge in [0, 0.05) is 32.0 Å². The Labute approximate surface area is 106 Å². The van der Waals surface area contributed by atoms with Gasteiger partial charge >= 0.3 is 0 Å². The summed E-state index contributed by atoms with van der Waals surface area (Å²) in [6.45, 7) is 4.62. The van der Waals surface area contributed by atoms with E-state index in [9.17, 15) is 4.79 Å². The van der Waals surface area contributed by atoms with E-state index in [1.165, 1.54) is 6.20 Å². The summed E-state index contributed by atoms with van der Waals surface area (Å²) in [6, 6.07) is 3.40. The highest BCUT2D eigenvalue weighted by molar-refractivity contribution is 5.92. The number of rotatable bonds is 5. The third-order valence-electron chi connectivity index (χ3n) is 2.70. The van der Waals surface area contributed by atoms with Crippen LogP contribution >= 0.6 is 0 Å². The van der Waals surface area contributed by atoms with Crippen LogP contribution in [-0.4, -0.2) is 55.2 Å². The highest BCUT2D eigenvalue weighted by atomic mass is 16.7. The van der Waals surface area contributed by atoms with E-state index in [0.29, 0.717) is 12.2 Å². The average Bonchev–Trinajstić information content (AvgIpc) is 2.45. The molecule has 1 N–H and O–H groups in total. The van der Waals surface area contributed by atoms with E-state index in [0.717, 1.165) is 32.8 Å². The van der Waals surface area contributed by atoms with Gasteiger partial charge in [0.25, 0.3) is 5.91 Å². The van der Waals surface area contributed by atoms with Crippen molar-refractivity contribution in [2.45, 2.75) is 0 Å². The van der Waals surface area contributed by atoms with Crippen LogP contribution in [0.25, 0.3) is 0 Å². The van der Waals surface area contributed by atoms with Gasteiger partial charge in [-0.2, -0.15) is 0 Å². The van der Waals surface area contributed by atoms with E-state index < -0.39 is 0 Å². The van der Waals surface area contributed by atoms with Gasteiger partial charge in [-0.15, -0.1) is 0 Å². The van der Waals surface area contributed by atoms with Crippen LogP contribution in [0.2, 0.25) is 0 Å². The molecule has 2 rings (SSSR count). The normalized spacial score (nSPS) is 16.4. The van der Waals surface area contributed by atoms with E-state index in [2.05, 4.69) is 15.4 Å². The fraction of sp³-hybridized carbons (Fsp3) is 0.500. The summed E-state index contributed by atoms with van der Waals surface area (Å²) >= 11 is 0. The van der Waals surface area contributed by atoms with Crippen LogP contribution in [0.15, 0.2) is 24.5 Å². The van der Waals surface area contributed by atoms with Gasteiger partial charge in [-0.05, 0) is 12.1 Å². The molecule has 2 heterocycles. The number of morpholine rings is 1. The number of hydroxylamine groups is 1. The summed E-state index contributed by atoms with van der Waals surface area (Å²) in [4.78, 5) is 22.8. The highest BCUT2D eigenvalue weighted by Crippen LogP contribution is 1.97. The largest absolute Gasteiger partial charge is 0.379 e. The molecule has 0 radical (unpaired) electrons. The smallest absolute Gasteiger partial charge is 0.276 e. The maximum Gasteiger partial charge on any atom is 0.276 e. The van der Waals surface area contributed by atoms with Crippen molar-refractivity contribution >= 4 is 5.91 Å². The maximum atomic E-state index is 11.6. The predicted molar refractivity (Wildman–Crippen MR) is 64.9 cm³/mol. The van der Waals surface area contributed by atoms with Crippen molar-refractivity contribution in [1.82, 2.24) is 15.4 Å². The summed E-state index contributed by atoms with van der Waals surface area (Å²) in [5.41, 5.74) is 2.89. The van der Waals surface area contributed by atoms with E-state index in [1.54, 1.807) is 18.3 Å². The second-order valence-electron chi connectivity index (χ2n) is 3.98. The van der Waals surface area contributed by atoms with Gasteiger partial charge in [0.15, 0.2) is 0 Å². The summed E-state index contributed by atoms with van der Waals surface area (Å²) < 4.78 is 5.24. The van der Waals surface area contributed by atoms with Crippen LogP contribution in [0.3, 0.4) is 0 Å². The highest BCUT2D eigenvalue weighted by Gasteiger charge is 2.10. The molecule has 1 saturated heterocycles. The molecule has 98 valence electrons. The standard InChI is InChI=1S/C12H17N3O3/c16-12(11-2-1-3-13-10-11)14-18-9-6-15-4-7-17-8-5-15/h1-3,10H,4-9H2,(H,14,16). The average molecular weight is 251 g/mol. The van der Waals surface area contributed by atoms with Crippen LogP contribution in [0.1, 0.15) is 10.4 Å². The predicted octanol–water partition coefficient (Wildman–Crippen LogP) is 0.0752. The van der Waals surface area contributed by atoms with Gasteiger partial charge in [0.2, 0.25) is 0 Å². The number of pyridine rings is 1. The fourth-order valence-electron chi connectivity index (χ4n) is 1.67. The van der Waals surface area contributed by atoms with E-state index >= 15 is 0 Å². The first-order chi connectivity index (χ1) is 8.86. The van der Waals surface area contributed by atoms with Gasteiger partial charge < -0.3 is 4.74 Å². The number of aromatic nitrogens is 1. The van der Waals surface area contributed by atoms with Gasteiger partial charge in [0.05, 0.1) is 25.4 Å². The van der Waals surface area contributed by atoms with Crippen molar-refractivity contribution in [1.29, 1.82) is 0 Å². The van der Waals surface area contributed by atoms with Gasteiger partial charge in [-0.3, -0.25) is 19.5 Å². The number of nitrogens with zero attached hydrogens (tertiary/aromatic N) is 2. The molecule has 1 aliphatic rings.